The van der Waals surface area contributed by atoms with Crippen molar-refractivity contribution in [2.24, 2.45) is 5.92 Å². The van der Waals surface area contributed by atoms with Gasteiger partial charge in [0.2, 0.25) is 0 Å². The van der Waals surface area contributed by atoms with Crippen LogP contribution in [-0.4, -0.2) is 0 Å². The average Bonchev–Trinajstić information content (AvgIpc) is 2.49. The van der Waals surface area contributed by atoms with Crippen molar-refractivity contribution in [3.05, 3.63) is 53.1 Å². The summed E-state index contributed by atoms with van der Waals surface area (Å²) in [4.78, 5) is 0. The first-order valence-electron chi connectivity index (χ1n) is 5.50. The van der Waals surface area contributed by atoms with Gasteiger partial charge in [0.25, 0.3) is 0 Å². The van der Waals surface area contributed by atoms with E-state index in [0.29, 0.717) is 5.92 Å². The molecule has 0 fully saturated rings. The lowest BCUT2D eigenvalue weighted by molar-refractivity contribution is 0.699. The molecule has 0 heterocycles. The lowest BCUT2D eigenvalue weighted by Crippen LogP contribution is -2.11. The standard InChI is InChI=1S/C14H12I2/c1-9-6-7-11-10-4-2-3-5-12(10)14(15,16)13(11)8-9/h2-7,9H,8H2,1H3. The Labute approximate surface area is 123 Å². The summed E-state index contributed by atoms with van der Waals surface area (Å²) in [5, 5.41) is 0. The molecule has 1 unspecified atom stereocenters. The van der Waals surface area contributed by atoms with Crippen molar-refractivity contribution in [3.8, 4) is 0 Å². The molecule has 82 valence electrons. The number of hydrogen-bond donors (Lipinski definition) is 0. The highest BCUT2D eigenvalue weighted by Crippen LogP contribution is 2.58. The summed E-state index contributed by atoms with van der Waals surface area (Å²) in [6, 6.07) is 8.82. The van der Waals surface area contributed by atoms with Gasteiger partial charge in [-0.25, -0.2) is 0 Å². The minimum atomic E-state index is 0.167. The second-order valence-corrected chi connectivity index (χ2v) is 9.85. The summed E-state index contributed by atoms with van der Waals surface area (Å²) in [6.45, 7) is 2.30. The van der Waals surface area contributed by atoms with Gasteiger partial charge in [-0.15, -0.1) is 0 Å². The minimum absolute atomic E-state index is 0.167. The van der Waals surface area contributed by atoms with Crippen LogP contribution in [0.3, 0.4) is 0 Å². The van der Waals surface area contributed by atoms with E-state index in [2.05, 4.69) is 88.5 Å². The average molecular weight is 434 g/mol. The van der Waals surface area contributed by atoms with Crippen LogP contribution in [0.25, 0.3) is 5.57 Å². The van der Waals surface area contributed by atoms with Crippen LogP contribution in [-0.2, 0) is 1.43 Å². The monoisotopic (exact) mass is 434 g/mol. The summed E-state index contributed by atoms with van der Waals surface area (Å²) in [7, 11) is 0. The summed E-state index contributed by atoms with van der Waals surface area (Å²) in [5.74, 6) is 0.678. The highest BCUT2D eigenvalue weighted by Gasteiger charge is 2.41. The van der Waals surface area contributed by atoms with Crippen LogP contribution in [0.15, 0.2) is 42.0 Å². The largest absolute Gasteiger partial charge is 0.121 e. The number of fused-ring (bicyclic) bond motifs is 2. The van der Waals surface area contributed by atoms with Gasteiger partial charge in [-0.3, -0.25) is 0 Å². The van der Waals surface area contributed by atoms with Crippen LogP contribution in [0.2, 0.25) is 0 Å². The van der Waals surface area contributed by atoms with Crippen LogP contribution in [0.5, 0.6) is 0 Å². The number of halogens is 2. The van der Waals surface area contributed by atoms with Gasteiger partial charge in [-0.05, 0) is 34.6 Å². The molecule has 0 amide bonds. The molecular formula is C14H12I2. The normalized spacial score (nSPS) is 25.6. The number of benzene rings is 1. The molecule has 3 rings (SSSR count). The van der Waals surface area contributed by atoms with Crippen molar-refractivity contribution < 1.29 is 0 Å². The fourth-order valence-corrected chi connectivity index (χ4v) is 4.53. The quantitative estimate of drug-likeness (QED) is 0.395. The minimum Gasteiger partial charge on any atom is -0.0808 e. The van der Waals surface area contributed by atoms with E-state index in [1.807, 2.05) is 0 Å². The molecule has 0 bridgehead atoms. The van der Waals surface area contributed by atoms with E-state index >= 15 is 0 Å². The van der Waals surface area contributed by atoms with Crippen molar-refractivity contribution in [2.75, 3.05) is 0 Å². The van der Waals surface area contributed by atoms with Crippen molar-refractivity contribution in [1.29, 1.82) is 0 Å². The molecule has 0 spiro atoms. The predicted octanol–water partition coefficient (Wildman–Crippen LogP) is 5.07. The number of allylic oxidation sites excluding steroid dienone is 4. The summed E-state index contributed by atoms with van der Waals surface area (Å²) >= 11 is 5.19. The van der Waals surface area contributed by atoms with Crippen molar-refractivity contribution in [3.63, 3.8) is 0 Å². The van der Waals surface area contributed by atoms with E-state index in [-0.39, 0.29) is 1.43 Å². The summed E-state index contributed by atoms with van der Waals surface area (Å²) < 4.78 is 0.167. The Morgan fingerprint density at radius 2 is 2.00 bits per heavy atom. The number of hydrogen-bond acceptors (Lipinski definition) is 0. The van der Waals surface area contributed by atoms with Gasteiger partial charge in [-0.1, -0.05) is 88.5 Å². The Morgan fingerprint density at radius 3 is 2.81 bits per heavy atom. The van der Waals surface area contributed by atoms with Crippen LogP contribution in [0.4, 0.5) is 0 Å². The van der Waals surface area contributed by atoms with E-state index in [9.17, 15) is 0 Å². The SMILES string of the molecule is CC1C=CC2=C(C1)C(I)(I)c1ccccc12. The van der Waals surface area contributed by atoms with Crippen LogP contribution >= 0.6 is 45.2 Å². The molecule has 0 N–H and O–H groups in total. The van der Waals surface area contributed by atoms with E-state index in [0.717, 1.165) is 0 Å². The van der Waals surface area contributed by atoms with E-state index in [4.69, 9.17) is 0 Å². The molecule has 0 aliphatic heterocycles. The summed E-state index contributed by atoms with van der Waals surface area (Å²) in [6.07, 6.45) is 5.86. The smallest absolute Gasteiger partial charge is 0.0808 e. The third kappa shape index (κ3) is 1.52. The molecule has 2 aliphatic carbocycles. The van der Waals surface area contributed by atoms with Gasteiger partial charge in [0.05, 0.1) is 0 Å². The van der Waals surface area contributed by atoms with Gasteiger partial charge in [-0.2, -0.15) is 0 Å². The van der Waals surface area contributed by atoms with Gasteiger partial charge in [0.15, 0.2) is 0 Å². The number of alkyl halides is 2. The molecular weight excluding hydrogens is 422 g/mol. The molecule has 1 aromatic rings. The van der Waals surface area contributed by atoms with Crippen molar-refractivity contribution >= 4 is 50.8 Å². The summed E-state index contributed by atoms with van der Waals surface area (Å²) in [5.41, 5.74) is 5.98. The lowest BCUT2D eigenvalue weighted by Gasteiger charge is -2.24. The van der Waals surface area contributed by atoms with E-state index in [1.54, 1.807) is 5.57 Å². The van der Waals surface area contributed by atoms with E-state index < -0.39 is 0 Å². The fourth-order valence-electron chi connectivity index (χ4n) is 2.57. The first-order valence-corrected chi connectivity index (χ1v) is 7.66. The molecule has 0 saturated carbocycles. The molecule has 2 heteroatoms. The Hall–Kier alpha value is 0.160. The second kappa shape index (κ2) is 3.83. The van der Waals surface area contributed by atoms with Gasteiger partial charge < -0.3 is 0 Å². The first kappa shape index (κ1) is 11.3. The van der Waals surface area contributed by atoms with E-state index in [1.165, 1.54) is 23.1 Å². The molecule has 16 heavy (non-hydrogen) atoms. The fraction of sp³-hybridized carbons (Fsp3) is 0.286. The second-order valence-electron chi connectivity index (χ2n) is 4.55. The molecule has 0 radical (unpaired) electrons. The maximum absolute atomic E-state index is 2.60. The third-order valence-corrected chi connectivity index (χ3v) is 5.84. The molecule has 1 aromatic carbocycles. The highest BCUT2D eigenvalue weighted by molar-refractivity contribution is 14.2. The van der Waals surface area contributed by atoms with Crippen LogP contribution in [0, 0.1) is 5.92 Å². The Kier molecular flexibility index (Phi) is 2.70. The molecule has 0 saturated heterocycles. The van der Waals surface area contributed by atoms with Crippen LogP contribution < -0.4 is 0 Å². The third-order valence-electron chi connectivity index (χ3n) is 3.38. The Bertz CT molecular complexity index is 509. The zero-order chi connectivity index (χ0) is 11.3. The Balaban J connectivity index is 2.24. The highest BCUT2D eigenvalue weighted by atomic mass is 127. The van der Waals surface area contributed by atoms with Crippen molar-refractivity contribution in [2.45, 2.75) is 14.8 Å². The Morgan fingerprint density at radius 1 is 1.25 bits per heavy atom. The predicted molar refractivity (Wildman–Crippen MR) is 86.0 cm³/mol. The molecule has 0 nitrogen and oxygen atoms in total. The van der Waals surface area contributed by atoms with Crippen molar-refractivity contribution in [1.82, 2.24) is 0 Å². The maximum Gasteiger partial charge on any atom is 0.121 e. The van der Waals surface area contributed by atoms with Crippen LogP contribution in [0.1, 0.15) is 24.5 Å². The van der Waals surface area contributed by atoms with Gasteiger partial charge in [0, 0.05) is 0 Å². The molecule has 2 aliphatic rings. The van der Waals surface area contributed by atoms with Gasteiger partial charge in [0.1, 0.15) is 1.43 Å². The maximum atomic E-state index is 2.60. The zero-order valence-electron chi connectivity index (χ0n) is 9.00. The zero-order valence-corrected chi connectivity index (χ0v) is 13.3. The van der Waals surface area contributed by atoms with Gasteiger partial charge >= 0.3 is 0 Å². The number of rotatable bonds is 0. The molecule has 0 aromatic heterocycles. The lowest BCUT2D eigenvalue weighted by atomic mass is 9.91. The topological polar surface area (TPSA) is 0 Å². The first-order chi connectivity index (χ1) is 7.60. The molecule has 1 atom stereocenters.